The molecule has 0 unspecified atom stereocenters. The first-order valence-electron chi connectivity index (χ1n) is 8.44. The van der Waals surface area contributed by atoms with Gasteiger partial charge in [0.15, 0.2) is 5.82 Å². The molecule has 2 aromatic carbocycles. The average molecular weight is 346 g/mol. The molecular weight excluding hydrogens is 328 g/mol. The minimum Gasteiger partial charge on any atom is -0.361 e. The van der Waals surface area contributed by atoms with Crippen LogP contribution in [0.4, 0.5) is 0 Å². The standard InChI is InChI=1S/C20H18N4O2/c1-13-23-20(26-24-13)15-8-6-14(7-9-15)19(25)21-11-10-16-12-22-18-5-3-2-4-17(16)18/h2-9,12,22H,10-11H2,1H3,(H,21,25). The van der Waals surface area contributed by atoms with E-state index in [9.17, 15) is 4.79 Å². The molecule has 2 N–H and O–H groups in total. The largest absolute Gasteiger partial charge is 0.361 e. The van der Waals surface area contributed by atoms with E-state index in [0.717, 1.165) is 17.5 Å². The Labute approximate surface area is 150 Å². The van der Waals surface area contributed by atoms with Crippen LogP contribution in [0.5, 0.6) is 0 Å². The monoisotopic (exact) mass is 346 g/mol. The highest BCUT2D eigenvalue weighted by Gasteiger charge is 2.09. The number of benzene rings is 2. The molecule has 0 aliphatic rings. The molecule has 4 rings (SSSR count). The van der Waals surface area contributed by atoms with E-state index >= 15 is 0 Å². The Hall–Kier alpha value is -3.41. The van der Waals surface area contributed by atoms with Gasteiger partial charge in [0, 0.05) is 34.8 Å². The molecule has 0 spiro atoms. The minimum absolute atomic E-state index is 0.0990. The third kappa shape index (κ3) is 3.21. The van der Waals surface area contributed by atoms with Gasteiger partial charge in [-0.15, -0.1) is 0 Å². The van der Waals surface area contributed by atoms with Crippen LogP contribution in [0.1, 0.15) is 21.7 Å². The zero-order valence-electron chi connectivity index (χ0n) is 14.3. The second kappa shape index (κ2) is 6.84. The van der Waals surface area contributed by atoms with Gasteiger partial charge in [-0.3, -0.25) is 4.79 Å². The number of rotatable bonds is 5. The Bertz CT molecular complexity index is 1050. The first kappa shape index (κ1) is 16.1. The number of aromatic nitrogens is 3. The molecule has 1 amide bonds. The molecule has 130 valence electrons. The van der Waals surface area contributed by atoms with Gasteiger partial charge in [0.05, 0.1) is 0 Å². The molecule has 0 aliphatic heterocycles. The number of carbonyl (C=O) groups excluding carboxylic acids is 1. The summed E-state index contributed by atoms with van der Waals surface area (Å²) in [5.41, 5.74) is 3.70. The van der Waals surface area contributed by atoms with Gasteiger partial charge in [-0.2, -0.15) is 4.98 Å². The van der Waals surface area contributed by atoms with Gasteiger partial charge in [0.2, 0.25) is 0 Å². The number of hydrogen-bond donors (Lipinski definition) is 2. The summed E-state index contributed by atoms with van der Waals surface area (Å²) >= 11 is 0. The maximum absolute atomic E-state index is 12.3. The second-order valence-corrected chi connectivity index (χ2v) is 6.09. The normalized spacial score (nSPS) is 11.0. The fourth-order valence-corrected chi connectivity index (χ4v) is 2.93. The first-order chi connectivity index (χ1) is 12.7. The van der Waals surface area contributed by atoms with Crippen molar-refractivity contribution in [2.24, 2.45) is 0 Å². The molecule has 0 saturated carbocycles. The second-order valence-electron chi connectivity index (χ2n) is 6.09. The van der Waals surface area contributed by atoms with Crippen molar-refractivity contribution in [2.75, 3.05) is 6.54 Å². The van der Waals surface area contributed by atoms with Gasteiger partial charge in [0.1, 0.15) is 0 Å². The van der Waals surface area contributed by atoms with Crippen LogP contribution in [0.2, 0.25) is 0 Å². The van der Waals surface area contributed by atoms with Crippen LogP contribution < -0.4 is 5.32 Å². The lowest BCUT2D eigenvalue weighted by atomic mass is 10.1. The van der Waals surface area contributed by atoms with Crippen molar-refractivity contribution in [3.63, 3.8) is 0 Å². The van der Waals surface area contributed by atoms with Crippen molar-refractivity contribution in [1.29, 1.82) is 0 Å². The minimum atomic E-state index is -0.0990. The van der Waals surface area contributed by atoms with Crippen molar-refractivity contribution in [2.45, 2.75) is 13.3 Å². The highest BCUT2D eigenvalue weighted by molar-refractivity contribution is 5.94. The summed E-state index contributed by atoms with van der Waals surface area (Å²) in [6.45, 7) is 2.34. The third-order valence-electron chi connectivity index (χ3n) is 4.28. The molecular formula is C20H18N4O2. The number of aryl methyl sites for hydroxylation is 1. The van der Waals surface area contributed by atoms with Gasteiger partial charge < -0.3 is 14.8 Å². The number of nitrogens with zero attached hydrogens (tertiary/aromatic N) is 2. The lowest BCUT2D eigenvalue weighted by molar-refractivity contribution is 0.0954. The number of carbonyl (C=O) groups is 1. The molecule has 26 heavy (non-hydrogen) atoms. The maximum atomic E-state index is 12.3. The topological polar surface area (TPSA) is 83.8 Å². The SMILES string of the molecule is Cc1noc(-c2ccc(C(=O)NCCc3c[nH]c4ccccc34)cc2)n1. The van der Waals surface area contributed by atoms with E-state index in [2.05, 4.69) is 26.5 Å². The third-order valence-corrected chi connectivity index (χ3v) is 4.28. The summed E-state index contributed by atoms with van der Waals surface area (Å²) in [5, 5.41) is 7.93. The quantitative estimate of drug-likeness (QED) is 0.579. The molecule has 0 atom stereocenters. The van der Waals surface area contributed by atoms with Crippen LogP contribution in [-0.4, -0.2) is 27.6 Å². The van der Waals surface area contributed by atoms with Crippen LogP contribution in [0, 0.1) is 6.92 Å². The molecule has 0 bridgehead atoms. The molecule has 6 nitrogen and oxygen atoms in total. The zero-order valence-corrected chi connectivity index (χ0v) is 14.3. The van der Waals surface area contributed by atoms with Gasteiger partial charge in [0.25, 0.3) is 11.8 Å². The summed E-state index contributed by atoms with van der Waals surface area (Å²) in [6, 6.07) is 15.3. The maximum Gasteiger partial charge on any atom is 0.257 e. The van der Waals surface area contributed by atoms with Crippen LogP contribution in [-0.2, 0) is 6.42 Å². The van der Waals surface area contributed by atoms with Crippen LogP contribution in [0.25, 0.3) is 22.4 Å². The molecule has 0 radical (unpaired) electrons. The van der Waals surface area contributed by atoms with Crippen molar-refractivity contribution < 1.29 is 9.32 Å². The summed E-state index contributed by atoms with van der Waals surface area (Å²) in [6.07, 6.45) is 2.77. The van der Waals surface area contributed by atoms with Crippen molar-refractivity contribution in [3.05, 3.63) is 71.7 Å². The highest BCUT2D eigenvalue weighted by atomic mass is 16.5. The van der Waals surface area contributed by atoms with Gasteiger partial charge >= 0.3 is 0 Å². The smallest absolute Gasteiger partial charge is 0.257 e. The number of aromatic amines is 1. The van der Waals surface area contributed by atoms with E-state index < -0.39 is 0 Å². The first-order valence-corrected chi connectivity index (χ1v) is 8.44. The Morgan fingerprint density at radius 1 is 1.15 bits per heavy atom. The van der Waals surface area contributed by atoms with Crippen molar-refractivity contribution >= 4 is 16.8 Å². The Morgan fingerprint density at radius 2 is 1.96 bits per heavy atom. The van der Waals surface area contributed by atoms with E-state index in [1.165, 1.54) is 10.9 Å². The van der Waals surface area contributed by atoms with E-state index in [0.29, 0.717) is 23.8 Å². The summed E-state index contributed by atoms with van der Waals surface area (Å²) in [4.78, 5) is 19.7. The molecule has 0 aliphatic carbocycles. The van der Waals surface area contributed by atoms with Crippen molar-refractivity contribution in [3.8, 4) is 11.5 Å². The number of para-hydroxylation sites is 1. The molecule has 2 aromatic heterocycles. The fourth-order valence-electron chi connectivity index (χ4n) is 2.93. The molecule has 0 saturated heterocycles. The number of amides is 1. The number of nitrogens with one attached hydrogen (secondary N) is 2. The molecule has 4 aromatic rings. The lowest BCUT2D eigenvalue weighted by Crippen LogP contribution is -2.25. The lowest BCUT2D eigenvalue weighted by Gasteiger charge is -2.05. The fraction of sp³-hybridized carbons (Fsp3) is 0.150. The van der Waals surface area contributed by atoms with Crippen LogP contribution in [0.3, 0.4) is 0 Å². The Kier molecular flexibility index (Phi) is 4.23. The van der Waals surface area contributed by atoms with Gasteiger partial charge in [-0.1, -0.05) is 23.4 Å². The van der Waals surface area contributed by atoms with E-state index in [1.54, 1.807) is 19.1 Å². The predicted molar refractivity (Wildman–Crippen MR) is 98.8 cm³/mol. The highest BCUT2D eigenvalue weighted by Crippen LogP contribution is 2.19. The summed E-state index contributed by atoms with van der Waals surface area (Å²) in [5.74, 6) is 0.936. The number of hydrogen-bond acceptors (Lipinski definition) is 4. The van der Waals surface area contributed by atoms with Gasteiger partial charge in [-0.05, 0) is 49.2 Å². The average Bonchev–Trinajstić information content (AvgIpc) is 3.28. The van der Waals surface area contributed by atoms with E-state index in [4.69, 9.17) is 4.52 Å². The van der Waals surface area contributed by atoms with Crippen LogP contribution in [0.15, 0.2) is 59.3 Å². The Morgan fingerprint density at radius 3 is 2.73 bits per heavy atom. The van der Waals surface area contributed by atoms with Crippen LogP contribution >= 0.6 is 0 Å². The molecule has 0 fully saturated rings. The molecule has 2 heterocycles. The summed E-state index contributed by atoms with van der Waals surface area (Å²) < 4.78 is 5.13. The predicted octanol–water partition coefficient (Wildman–Crippen LogP) is 3.50. The Balaban J connectivity index is 1.37. The number of H-pyrrole nitrogens is 1. The summed E-state index contributed by atoms with van der Waals surface area (Å²) in [7, 11) is 0. The van der Waals surface area contributed by atoms with Gasteiger partial charge in [-0.25, -0.2) is 0 Å². The number of fused-ring (bicyclic) bond motifs is 1. The zero-order chi connectivity index (χ0) is 17.9. The molecule has 6 heteroatoms. The van der Waals surface area contributed by atoms with Crippen molar-refractivity contribution in [1.82, 2.24) is 20.4 Å². The van der Waals surface area contributed by atoms with E-state index in [-0.39, 0.29) is 5.91 Å². The van der Waals surface area contributed by atoms with E-state index in [1.807, 2.05) is 36.5 Å².